The second kappa shape index (κ2) is 10.3. The molecule has 1 aromatic carbocycles. The molecule has 0 aliphatic carbocycles. The Morgan fingerprint density at radius 2 is 1.94 bits per heavy atom. The summed E-state index contributed by atoms with van der Waals surface area (Å²) in [6, 6.07) is 13.2. The molecule has 3 amide bonds. The molecule has 0 radical (unpaired) electrons. The normalized spacial score (nSPS) is 14.8. The van der Waals surface area contributed by atoms with Crippen molar-refractivity contribution >= 4 is 58.0 Å². The fourth-order valence-corrected chi connectivity index (χ4v) is 5.38. The first-order chi connectivity index (χ1) is 16.0. The van der Waals surface area contributed by atoms with Crippen LogP contribution in [0.2, 0.25) is 0 Å². The summed E-state index contributed by atoms with van der Waals surface area (Å²) < 4.78 is 0. The number of thioether (sulfide) groups is 2. The van der Waals surface area contributed by atoms with Crippen molar-refractivity contribution in [2.75, 3.05) is 19.3 Å². The smallest absolute Gasteiger partial charge is 0.293 e. The van der Waals surface area contributed by atoms with Gasteiger partial charge in [-0.15, -0.1) is 23.1 Å². The number of hydrogen-bond acceptors (Lipinski definition) is 8. The highest BCUT2D eigenvalue weighted by Gasteiger charge is 2.34. The van der Waals surface area contributed by atoms with Gasteiger partial charge in [0.2, 0.25) is 0 Å². The molecule has 7 nitrogen and oxygen atoms in total. The van der Waals surface area contributed by atoms with Crippen LogP contribution in [0.1, 0.15) is 21.6 Å². The Balaban J connectivity index is 1.42. The van der Waals surface area contributed by atoms with Gasteiger partial charge in [-0.3, -0.25) is 19.3 Å². The number of hydrogen-bond donors (Lipinski definition) is 1. The Bertz CT molecular complexity index is 1230. The fourth-order valence-electron chi connectivity index (χ4n) is 3.23. The lowest BCUT2D eigenvalue weighted by Crippen LogP contribution is -2.37. The van der Waals surface area contributed by atoms with Crippen LogP contribution < -0.4 is 5.32 Å². The van der Waals surface area contributed by atoms with Gasteiger partial charge in [0.05, 0.1) is 21.0 Å². The number of rotatable bonds is 7. The van der Waals surface area contributed by atoms with Gasteiger partial charge in [0.25, 0.3) is 17.1 Å². The zero-order valence-electron chi connectivity index (χ0n) is 17.9. The highest BCUT2D eigenvalue weighted by molar-refractivity contribution is 8.18. The summed E-state index contributed by atoms with van der Waals surface area (Å²) in [5.74, 6) is -0.0967. The molecule has 3 heterocycles. The fraction of sp³-hybridized carbons (Fsp3) is 0.174. The van der Waals surface area contributed by atoms with Crippen LogP contribution in [-0.4, -0.2) is 51.3 Å². The molecule has 1 aliphatic heterocycles. The molecule has 0 saturated carbocycles. The molecule has 2 aromatic heterocycles. The molecule has 10 heteroatoms. The first-order valence-electron chi connectivity index (χ1n) is 10.0. The van der Waals surface area contributed by atoms with Gasteiger partial charge in [-0.25, -0.2) is 9.97 Å². The Morgan fingerprint density at radius 1 is 1.15 bits per heavy atom. The second-order valence-corrected chi connectivity index (χ2v) is 9.73. The van der Waals surface area contributed by atoms with Crippen molar-refractivity contribution in [2.24, 2.45) is 0 Å². The lowest BCUT2D eigenvalue weighted by atomic mass is 10.2. The van der Waals surface area contributed by atoms with Crippen LogP contribution in [0.3, 0.4) is 0 Å². The Kier molecular flexibility index (Phi) is 7.26. The van der Waals surface area contributed by atoms with E-state index in [1.165, 1.54) is 23.1 Å². The monoisotopic (exact) mass is 496 g/mol. The number of benzene rings is 1. The largest absolute Gasteiger partial charge is 0.350 e. The molecule has 0 unspecified atom stereocenters. The number of amides is 3. The topological polar surface area (TPSA) is 92.3 Å². The van der Waals surface area contributed by atoms with E-state index >= 15 is 0 Å². The average Bonchev–Trinajstić information content (AvgIpc) is 3.44. The Morgan fingerprint density at radius 3 is 2.64 bits per heavy atom. The van der Waals surface area contributed by atoms with Crippen molar-refractivity contribution in [3.05, 3.63) is 69.6 Å². The third-order valence-electron chi connectivity index (χ3n) is 4.81. The first kappa shape index (κ1) is 23.2. The standard InChI is InChI=1S/C23H20N4O3S3/c1-14-18(21(31-2)26-19(25-14)16-9-6-12-32-16)20(28)24-10-11-27-22(29)17(33-23(27)30)13-15-7-4-3-5-8-15/h3-9,12-13H,10-11H2,1-2H3,(H,24,28)/b17-13-. The maximum atomic E-state index is 12.9. The molecule has 33 heavy (non-hydrogen) atoms. The molecule has 168 valence electrons. The minimum atomic E-state index is -0.354. The molecule has 1 fully saturated rings. The number of carbonyl (C=O) groups is 3. The summed E-state index contributed by atoms with van der Waals surface area (Å²) >= 11 is 3.81. The molecular weight excluding hydrogens is 476 g/mol. The number of aryl methyl sites for hydroxylation is 1. The quantitative estimate of drug-likeness (QED) is 0.288. The van der Waals surface area contributed by atoms with Crippen molar-refractivity contribution in [1.82, 2.24) is 20.2 Å². The van der Waals surface area contributed by atoms with Crippen LogP contribution in [0.15, 0.2) is 57.8 Å². The van der Waals surface area contributed by atoms with Crippen molar-refractivity contribution in [3.8, 4) is 10.7 Å². The lowest BCUT2D eigenvalue weighted by Gasteiger charge is -2.15. The predicted molar refractivity (Wildman–Crippen MR) is 133 cm³/mol. The molecular formula is C23H20N4O3S3. The zero-order valence-corrected chi connectivity index (χ0v) is 20.4. The highest BCUT2D eigenvalue weighted by Crippen LogP contribution is 2.32. The van der Waals surface area contributed by atoms with Crippen molar-refractivity contribution in [1.29, 1.82) is 0 Å². The summed E-state index contributed by atoms with van der Waals surface area (Å²) in [6.45, 7) is 2.00. The van der Waals surface area contributed by atoms with E-state index in [0.29, 0.717) is 27.0 Å². The number of carbonyl (C=O) groups excluding carboxylic acids is 3. The van der Waals surface area contributed by atoms with Crippen LogP contribution in [-0.2, 0) is 4.79 Å². The van der Waals surface area contributed by atoms with Crippen LogP contribution in [0.4, 0.5) is 4.79 Å². The molecule has 4 rings (SSSR count). The molecule has 1 saturated heterocycles. The zero-order chi connectivity index (χ0) is 23.4. The van der Waals surface area contributed by atoms with Gasteiger partial charge in [0.15, 0.2) is 5.82 Å². The molecule has 0 spiro atoms. The first-order valence-corrected chi connectivity index (χ1v) is 12.9. The highest BCUT2D eigenvalue weighted by atomic mass is 32.2. The molecule has 1 N–H and O–H groups in total. The summed E-state index contributed by atoms with van der Waals surface area (Å²) in [6.07, 6.45) is 3.56. The minimum Gasteiger partial charge on any atom is -0.350 e. The van der Waals surface area contributed by atoms with Crippen LogP contribution in [0.25, 0.3) is 16.8 Å². The lowest BCUT2D eigenvalue weighted by molar-refractivity contribution is -0.122. The number of nitrogens with one attached hydrogen (secondary N) is 1. The minimum absolute atomic E-state index is 0.0876. The van der Waals surface area contributed by atoms with Gasteiger partial charge in [-0.05, 0) is 48.0 Å². The van der Waals surface area contributed by atoms with E-state index in [1.807, 2.05) is 54.1 Å². The maximum Gasteiger partial charge on any atom is 0.293 e. The van der Waals surface area contributed by atoms with Gasteiger partial charge in [0.1, 0.15) is 5.03 Å². The van der Waals surface area contributed by atoms with E-state index in [1.54, 1.807) is 13.0 Å². The van der Waals surface area contributed by atoms with E-state index in [0.717, 1.165) is 27.1 Å². The number of nitrogens with zero attached hydrogens (tertiary/aromatic N) is 3. The summed E-state index contributed by atoms with van der Waals surface area (Å²) in [5.41, 5.74) is 1.83. The van der Waals surface area contributed by atoms with E-state index in [4.69, 9.17) is 0 Å². The van der Waals surface area contributed by atoms with Gasteiger partial charge in [0, 0.05) is 13.1 Å². The summed E-state index contributed by atoms with van der Waals surface area (Å²) in [4.78, 5) is 49.4. The maximum absolute atomic E-state index is 12.9. The van der Waals surface area contributed by atoms with E-state index in [-0.39, 0.29) is 30.1 Å². The van der Waals surface area contributed by atoms with E-state index in [9.17, 15) is 14.4 Å². The second-order valence-electron chi connectivity index (χ2n) is 6.99. The average molecular weight is 497 g/mol. The third-order valence-corrected chi connectivity index (χ3v) is 7.27. The third kappa shape index (κ3) is 5.18. The van der Waals surface area contributed by atoms with Gasteiger partial charge in [-0.1, -0.05) is 36.4 Å². The van der Waals surface area contributed by atoms with Crippen molar-refractivity contribution in [2.45, 2.75) is 11.9 Å². The van der Waals surface area contributed by atoms with Gasteiger partial charge in [-0.2, -0.15) is 0 Å². The van der Waals surface area contributed by atoms with Crippen molar-refractivity contribution < 1.29 is 14.4 Å². The number of aromatic nitrogens is 2. The van der Waals surface area contributed by atoms with Crippen LogP contribution >= 0.6 is 34.9 Å². The number of thiophene rings is 1. The number of imide groups is 1. The van der Waals surface area contributed by atoms with Crippen LogP contribution in [0.5, 0.6) is 0 Å². The van der Waals surface area contributed by atoms with Crippen molar-refractivity contribution in [3.63, 3.8) is 0 Å². The SMILES string of the molecule is CSc1nc(-c2cccs2)nc(C)c1C(=O)NCCN1C(=O)S/C(=C\c2ccccc2)C1=O. The molecule has 1 aliphatic rings. The van der Waals surface area contributed by atoms with E-state index < -0.39 is 0 Å². The van der Waals surface area contributed by atoms with E-state index in [2.05, 4.69) is 15.3 Å². The van der Waals surface area contributed by atoms with Crippen LogP contribution in [0, 0.1) is 6.92 Å². The predicted octanol–water partition coefficient (Wildman–Crippen LogP) is 4.70. The molecule has 0 bridgehead atoms. The summed E-state index contributed by atoms with van der Waals surface area (Å²) in [7, 11) is 0. The molecule has 0 atom stereocenters. The van der Waals surface area contributed by atoms with Gasteiger partial charge >= 0.3 is 0 Å². The Labute approximate surface area is 203 Å². The Hall–Kier alpha value is -2.95. The molecule has 3 aromatic rings. The summed E-state index contributed by atoms with van der Waals surface area (Å²) in [5, 5.41) is 4.99. The van der Waals surface area contributed by atoms with Gasteiger partial charge < -0.3 is 5.32 Å².